The normalized spacial score (nSPS) is 17.9. The van der Waals surface area contributed by atoms with E-state index in [1.165, 1.54) is 0 Å². The van der Waals surface area contributed by atoms with Gasteiger partial charge in [0, 0.05) is 25.6 Å². The zero-order valence-electron chi connectivity index (χ0n) is 12.2. The highest BCUT2D eigenvalue weighted by Crippen LogP contribution is 2.12. The molecule has 0 aliphatic carbocycles. The number of nitrogens with one attached hydrogen (secondary N) is 1. The van der Waals surface area contributed by atoms with E-state index in [-0.39, 0.29) is 5.91 Å². The Hall–Kier alpha value is -1.55. The molecule has 0 radical (unpaired) electrons. The second kappa shape index (κ2) is 7.90. The van der Waals surface area contributed by atoms with Crippen molar-refractivity contribution in [3.63, 3.8) is 0 Å². The molecule has 4 heteroatoms. The third-order valence-electron chi connectivity index (χ3n) is 3.68. The van der Waals surface area contributed by atoms with Crippen LogP contribution in [0.15, 0.2) is 30.3 Å². The smallest absolute Gasteiger partial charge is 0.222 e. The lowest BCUT2D eigenvalue weighted by Gasteiger charge is -2.27. The SMILES string of the molecule is CCN(C(=O)CCCOc1ccccc1)C1CCNC1. The van der Waals surface area contributed by atoms with Crippen molar-refractivity contribution < 1.29 is 9.53 Å². The van der Waals surface area contributed by atoms with E-state index in [9.17, 15) is 4.79 Å². The minimum atomic E-state index is 0.248. The summed E-state index contributed by atoms with van der Waals surface area (Å²) in [6.45, 7) is 5.39. The van der Waals surface area contributed by atoms with E-state index in [1.807, 2.05) is 35.2 Å². The Bertz CT molecular complexity index is 402. The molecule has 1 amide bonds. The number of hydrogen-bond donors (Lipinski definition) is 1. The van der Waals surface area contributed by atoms with Gasteiger partial charge in [-0.3, -0.25) is 4.79 Å². The van der Waals surface area contributed by atoms with Crippen LogP contribution in [0.3, 0.4) is 0 Å². The van der Waals surface area contributed by atoms with Gasteiger partial charge in [0.1, 0.15) is 5.75 Å². The highest BCUT2D eigenvalue weighted by atomic mass is 16.5. The molecule has 0 spiro atoms. The first-order valence-electron chi connectivity index (χ1n) is 7.49. The van der Waals surface area contributed by atoms with Crippen LogP contribution in [0.5, 0.6) is 5.75 Å². The van der Waals surface area contributed by atoms with E-state index in [2.05, 4.69) is 12.2 Å². The van der Waals surface area contributed by atoms with Crippen molar-refractivity contribution in [2.75, 3.05) is 26.2 Å². The van der Waals surface area contributed by atoms with E-state index in [0.29, 0.717) is 19.1 Å². The number of rotatable bonds is 7. The first-order chi connectivity index (χ1) is 9.81. The topological polar surface area (TPSA) is 41.6 Å². The molecule has 1 fully saturated rings. The number of hydrogen-bond acceptors (Lipinski definition) is 3. The van der Waals surface area contributed by atoms with Gasteiger partial charge in [0.05, 0.1) is 6.61 Å². The lowest BCUT2D eigenvalue weighted by molar-refractivity contribution is -0.133. The molecule has 4 nitrogen and oxygen atoms in total. The lowest BCUT2D eigenvalue weighted by Crippen LogP contribution is -2.41. The van der Waals surface area contributed by atoms with Gasteiger partial charge >= 0.3 is 0 Å². The maximum absolute atomic E-state index is 12.2. The first kappa shape index (κ1) is 14.9. The summed E-state index contributed by atoms with van der Waals surface area (Å²) < 4.78 is 5.61. The van der Waals surface area contributed by atoms with Crippen LogP contribution in [0, 0.1) is 0 Å². The van der Waals surface area contributed by atoms with E-state index in [1.54, 1.807) is 0 Å². The van der Waals surface area contributed by atoms with Crippen molar-refractivity contribution in [2.24, 2.45) is 0 Å². The molecule has 1 atom stereocenters. The Morgan fingerprint density at radius 1 is 1.40 bits per heavy atom. The maximum Gasteiger partial charge on any atom is 0.222 e. The first-order valence-corrected chi connectivity index (χ1v) is 7.49. The van der Waals surface area contributed by atoms with Crippen LogP contribution in [0.25, 0.3) is 0 Å². The molecule has 20 heavy (non-hydrogen) atoms. The van der Waals surface area contributed by atoms with Crippen molar-refractivity contribution in [1.29, 1.82) is 0 Å². The summed E-state index contributed by atoms with van der Waals surface area (Å²) in [5.41, 5.74) is 0. The van der Waals surface area contributed by atoms with Gasteiger partial charge in [-0.2, -0.15) is 0 Å². The monoisotopic (exact) mass is 276 g/mol. The van der Waals surface area contributed by atoms with Crippen molar-refractivity contribution in [3.8, 4) is 5.75 Å². The molecule has 1 heterocycles. The highest BCUT2D eigenvalue weighted by molar-refractivity contribution is 5.76. The summed E-state index contributed by atoms with van der Waals surface area (Å²) >= 11 is 0. The number of amides is 1. The summed E-state index contributed by atoms with van der Waals surface area (Å²) in [7, 11) is 0. The largest absolute Gasteiger partial charge is 0.494 e. The Morgan fingerprint density at radius 2 is 2.20 bits per heavy atom. The number of likely N-dealkylation sites (N-methyl/N-ethyl adjacent to an activating group) is 1. The van der Waals surface area contributed by atoms with Gasteiger partial charge in [-0.05, 0) is 38.4 Å². The lowest BCUT2D eigenvalue weighted by atomic mass is 10.2. The van der Waals surface area contributed by atoms with E-state index >= 15 is 0 Å². The molecular formula is C16H24N2O2. The number of carbonyl (C=O) groups excluding carboxylic acids is 1. The van der Waals surface area contributed by atoms with Gasteiger partial charge in [0.15, 0.2) is 0 Å². The Balaban J connectivity index is 1.68. The second-order valence-electron chi connectivity index (χ2n) is 5.09. The summed E-state index contributed by atoms with van der Waals surface area (Å²) in [5.74, 6) is 1.12. The molecule has 1 unspecified atom stereocenters. The van der Waals surface area contributed by atoms with Gasteiger partial charge in [0.25, 0.3) is 0 Å². The molecular weight excluding hydrogens is 252 g/mol. The van der Waals surface area contributed by atoms with Crippen molar-refractivity contribution in [1.82, 2.24) is 10.2 Å². The maximum atomic E-state index is 12.2. The Morgan fingerprint density at radius 3 is 2.85 bits per heavy atom. The molecule has 0 saturated carbocycles. The van der Waals surface area contributed by atoms with Crippen molar-refractivity contribution >= 4 is 5.91 Å². The fraction of sp³-hybridized carbons (Fsp3) is 0.562. The van der Waals surface area contributed by atoms with Crippen LogP contribution in [-0.4, -0.2) is 43.1 Å². The number of benzene rings is 1. The minimum absolute atomic E-state index is 0.248. The van der Waals surface area contributed by atoms with Gasteiger partial charge in [-0.15, -0.1) is 0 Å². The highest BCUT2D eigenvalue weighted by Gasteiger charge is 2.24. The standard InChI is InChI=1S/C16H24N2O2/c1-2-18(14-10-11-17-13-14)16(19)9-6-12-20-15-7-4-3-5-8-15/h3-5,7-8,14,17H,2,6,9-13H2,1H3. The number of para-hydroxylation sites is 1. The van der Waals surface area contributed by atoms with E-state index < -0.39 is 0 Å². The van der Waals surface area contributed by atoms with Crippen molar-refractivity contribution in [2.45, 2.75) is 32.2 Å². The molecule has 1 saturated heterocycles. The zero-order valence-corrected chi connectivity index (χ0v) is 12.2. The summed E-state index contributed by atoms with van der Waals surface area (Å²) in [5, 5.41) is 3.31. The van der Waals surface area contributed by atoms with Crippen LogP contribution < -0.4 is 10.1 Å². The number of carbonyl (C=O) groups is 1. The minimum Gasteiger partial charge on any atom is -0.494 e. The molecule has 0 aromatic heterocycles. The van der Waals surface area contributed by atoms with Crippen LogP contribution in [-0.2, 0) is 4.79 Å². The fourth-order valence-electron chi connectivity index (χ4n) is 2.62. The molecule has 1 aromatic carbocycles. The Kier molecular flexibility index (Phi) is 5.87. The van der Waals surface area contributed by atoms with Crippen LogP contribution in [0.4, 0.5) is 0 Å². The predicted molar refractivity (Wildman–Crippen MR) is 79.8 cm³/mol. The average molecular weight is 276 g/mol. The number of nitrogens with zero attached hydrogens (tertiary/aromatic N) is 1. The van der Waals surface area contributed by atoms with Crippen molar-refractivity contribution in [3.05, 3.63) is 30.3 Å². The van der Waals surface area contributed by atoms with Gasteiger partial charge in [-0.25, -0.2) is 0 Å². The van der Waals surface area contributed by atoms with E-state index in [4.69, 9.17) is 4.74 Å². The fourth-order valence-corrected chi connectivity index (χ4v) is 2.62. The van der Waals surface area contributed by atoms with Gasteiger partial charge in [-0.1, -0.05) is 18.2 Å². The summed E-state index contributed by atoms with van der Waals surface area (Å²) in [4.78, 5) is 14.2. The molecule has 2 rings (SSSR count). The molecule has 1 aliphatic heterocycles. The molecule has 0 bridgehead atoms. The van der Waals surface area contributed by atoms with Crippen LogP contribution >= 0.6 is 0 Å². The summed E-state index contributed by atoms with van der Waals surface area (Å²) in [6.07, 6.45) is 2.40. The van der Waals surface area contributed by atoms with Crippen LogP contribution in [0.1, 0.15) is 26.2 Å². The quantitative estimate of drug-likeness (QED) is 0.775. The third-order valence-corrected chi connectivity index (χ3v) is 3.68. The average Bonchev–Trinajstić information content (AvgIpc) is 2.99. The molecule has 1 aliphatic rings. The number of ether oxygens (including phenoxy) is 1. The van der Waals surface area contributed by atoms with Gasteiger partial charge < -0.3 is 15.0 Å². The second-order valence-corrected chi connectivity index (χ2v) is 5.09. The van der Waals surface area contributed by atoms with Gasteiger partial charge in [0.2, 0.25) is 5.91 Å². The predicted octanol–water partition coefficient (Wildman–Crippen LogP) is 2.06. The zero-order chi connectivity index (χ0) is 14.2. The Labute approximate surface area is 121 Å². The summed E-state index contributed by atoms with van der Waals surface area (Å²) in [6, 6.07) is 10.1. The third kappa shape index (κ3) is 4.23. The van der Waals surface area contributed by atoms with E-state index in [0.717, 1.165) is 38.2 Å². The van der Waals surface area contributed by atoms with Crippen LogP contribution in [0.2, 0.25) is 0 Å². The molecule has 1 aromatic rings. The molecule has 1 N–H and O–H groups in total. The molecule has 110 valence electrons.